The molecule has 3 rings (SSSR count). The fraction of sp³-hybridized carbons (Fsp3) is 0.560. The maximum atomic E-state index is 11.2. The lowest BCUT2D eigenvalue weighted by Crippen LogP contribution is -2.33. The number of aromatic hydroxyl groups is 1. The normalized spacial score (nSPS) is 18.8. The van der Waals surface area contributed by atoms with Crippen LogP contribution in [0.4, 0.5) is 0 Å². The molecule has 198 valence electrons. The molecule has 0 aliphatic carbocycles. The van der Waals surface area contributed by atoms with Gasteiger partial charge in [-0.15, -0.1) is 0 Å². The van der Waals surface area contributed by atoms with Gasteiger partial charge in [0.2, 0.25) is 5.88 Å². The molecule has 3 heterocycles. The zero-order valence-electron chi connectivity index (χ0n) is 20.6. The first kappa shape index (κ1) is 27.9. The van der Waals surface area contributed by atoms with E-state index in [4.69, 9.17) is 18.9 Å². The highest BCUT2D eigenvalue weighted by Gasteiger charge is 2.11. The Balaban J connectivity index is 1.47. The number of hydrogen-bond acceptors (Lipinski definition) is 10. The van der Waals surface area contributed by atoms with Crippen LogP contribution in [0.3, 0.4) is 0 Å². The third-order valence-electron chi connectivity index (χ3n) is 5.54. The maximum Gasteiger partial charge on any atom is 0.354 e. The van der Waals surface area contributed by atoms with Gasteiger partial charge in [0.1, 0.15) is 5.69 Å². The number of pyridine rings is 2. The van der Waals surface area contributed by atoms with E-state index in [1.54, 1.807) is 18.2 Å². The number of aromatic nitrogens is 2. The van der Waals surface area contributed by atoms with Crippen molar-refractivity contribution in [2.45, 2.75) is 13.1 Å². The van der Waals surface area contributed by atoms with Gasteiger partial charge in [-0.3, -0.25) is 9.80 Å². The maximum absolute atomic E-state index is 11.2. The molecule has 11 heteroatoms. The van der Waals surface area contributed by atoms with Crippen molar-refractivity contribution in [2.24, 2.45) is 0 Å². The highest BCUT2D eigenvalue weighted by molar-refractivity contribution is 5.85. The Bertz CT molecular complexity index is 897. The van der Waals surface area contributed by atoms with Gasteiger partial charge >= 0.3 is 5.97 Å². The van der Waals surface area contributed by atoms with Gasteiger partial charge < -0.3 is 29.2 Å². The Morgan fingerprint density at radius 1 is 0.694 bits per heavy atom. The summed E-state index contributed by atoms with van der Waals surface area (Å²) in [4.78, 5) is 23.9. The zero-order chi connectivity index (χ0) is 25.4. The average molecular weight is 505 g/mol. The van der Waals surface area contributed by atoms with E-state index in [1.165, 1.54) is 6.07 Å². The highest BCUT2D eigenvalue weighted by atomic mass is 16.5. The fourth-order valence-corrected chi connectivity index (χ4v) is 3.66. The molecule has 2 N–H and O–H groups in total. The highest BCUT2D eigenvalue weighted by Crippen LogP contribution is 2.08. The van der Waals surface area contributed by atoms with Crippen LogP contribution in [-0.4, -0.2) is 115 Å². The van der Waals surface area contributed by atoms with Crippen molar-refractivity contribution in [3.63, 3.8) is 0 Å². The number of ether oxygens (including phenoxy) is 4. The van der Waals surface area contributed by atoms with E-state index < -0.39 is 5.97 Å². The second-order valence-corrected chi connectivity index (χ2v) is 8.31. The lowest BCUT2D eigenvalue weighted by molar-refractivity contribution is 0.00597. The van der Waals surface area contributed by atoms with Crippen LogP contribution in [0.25, 0.3) is 0 Å². The first-order valence-electron chi connectivity index (χ1n) is 12.2. The van der Waals surface area contributed by atoms with Crippen molar-refractivity contribution in [2.75, 3.05) is 79.0 Å². The molecule has 0 atom stereocenters. The molecule has 2 aromatic heterocycles. The van der Waals surface area contributed by atoms with Crippen LogP contribution in [0.1, 0.15) is 21.9 Å². The molecule has 0 spiro atoms. The molecular weight excluding hydrogens is 468 g/mol. The molecular formula is C25H36N4O7. The van der Waals surface area contributed by atoms with Crippen LogP contribution in [0.5, 0.6) is 5.88 Å². The summed E-state index contributed by atoms with van der Waals surface area (Å²) >= 11 is 0. The summed E-state index contributed by atoms with van der Waals surface area (Å²) in [6.07, 6.45) is 0. The Kier molecular flexibility index (Phi) is 12.5. The van der Waals surface area contributed by atoms with E-state index in [-0.39, 0.29) is 11.6 Å². The van der Waals surface area contributed by atoms with Crippen LogP contribution < -0.4 is 0 Å². The minimum atomic E-state index is -1.04. The van der Waals surface area contributed by atoms with E-state index in [9.17, 15) is 15.0 Å². The summed E-state index contributed by atoms with van der Waals surface area (Å²) in [5.74, 6) is -1.03. The quantitative estimate of drug-likeness (QED) is 0.611. The molecule has 1 fully saturated rings. The number of aromatic carboxylic acids is 1. The predicted octanol–water partition coefficient (Wildman–Crippen LogP) is 1.26. The third kappa shape index (κ3) is 10.9. The van der Waals surface area contributed by atoms with Crippen molar-refractivity contribution < 1.29 is 34.0 Å². The van der Waals surface area contributed by atoms with Crippen molar-refractivity contribution in [1.29, 1.82) is 0 Å². The molecule has 1 aliphatic rings. The minimum Gasteiger partial charge on any atom is -0.493 e. The van der Waals surface area contributed by atoms with Gasteiger partial charge in [0.05, 0.1) is 64.2 Å². The SMILES string of the molecule is O=C(O)c1cccc(CN2CCOCCOCCN(Cc3cccc(O)n3)CCOCCOCC2)n1. The molecule has 0 amide bonds. The van der Waals surface area contributed by atoms with Crippen molar-refractivity contribution in [1.82, 2.24) is 19.8 Å². The molecule has 36 heavy (non-hydrogen) atoms. The lowest BCUT2D eigenvalue weighted by atomic mass is 10.3. The van der Waals surface area contributed by atoms with Crippen molar-refractivity contribution in [3.05, 3.63) is 53.5 Å². The van der Waals surface area contributed by atoms with E-state index in [0.29, 0.717) is 97.8 Å². The van der Waals surface area contributed by atoms with Gasteiger partial charge in [-0.25, -0.2) is 14.8 Å². The van der Waals surface area contributed by atoms with E-state index >= 15 is 0 Å². The number of rotatable bonds is 5. The monoisotopic (exact) mass is 504 g/mol. The van der Waals surface area contributed by atoms with Crippen LogP contribution in [0, 0.1) is 0 Å². The number of nitrogens with zero attached hydrogens (tertiary/aromatic N) is 4. The second kappa shape index (κ2) is 16.1. The largest absolute Gasteiger partial charge is 0.493 e. The molecule has 2 aromatic rings. The first-order chi connectivity index (χ1) is 17.6. The predicted molar refractivity (Wildman–Crippen MR) is 131 cm³/mol. The molecule has 1 aliphatic heterocycles. The van der Waals surface area contributed by atoms with E-state index in [0.717, 1.165) is 5.69 Å². The second-order valence-electron chi connectivity index (χ2n) is 8.31. The van der Waals surface area contributed by atoms with Gasteiger partial charge in [0.25, 0.3) is 0 Å². The van der Waals surface area contributed by atoms with Crippen molar-refractivity contribution >= 4 is 5.97 Å². The third-order valence-corrected chi connectivity index (χ3v) is 5.54. The summed E-state index contributed by atoms with van der Waals surface area (Å²) in [5.41, 5.74) is 1.51. The number of hydrogen-bond donors (Lipinski definition) is 2. The average Bonchev–Trinajstić information content (AvgIpc) is 2.86. The number of carbonyl (C=O) groups is 1. The Morgan fingerprint density at radius 2 is 1.14 bits per heavy atom. The summed E-state index contributed by atoms with van der Waals surface area (Å²) in [5, 5.41) is 18.8. The molecule has 0 saturated carbocycles. The van der Waals surface area contributed by atoms with Crippen LogP contribution in [-0.2, 0) is 32.0 Å². The molecule has 0 bridgehead atoms. The molecule has 11 nitrogen and oxygen atoms in total. The smallest absolute Gasteiger partial charge is 0.354 e. The minimum absolute atomic E-state index is 0.0132. The standard InChI is InChI=1S/C25H36N4O7/c30-24-6-2-4-22(27-24)20-29-9-13-35-17-15-33-11-7-28(8-12-34-16-18-36-14-10-29)19-21-3-1-5-23(26-21)25(31)32/h1-6H,7-20H2,(H,27,30)(H,31,32). The summed E-state index contributed by atoms with van der Waals surface area (Å²) < 4.78 is 23.0. The Hall–Kier alpha value is -2.67. The van der Waals surface area contributed by atoms with Gasteiger partial charge in [0, 0.05) is 45.3 Å². The van der Waals surface area contributed by atoms with Gasteiger partial charge in [0.15, 0.2) is 0 Å². The van der Waals surface area contributed by atoms with E-state index in [1.807, 2.05) is 12.1 Å². The topological polar surface area (TPSA) is 127 Å². The first-order valence-corrected chi connectivity index (χ1v) is 12.2. The summed E-state index contributed by atoms with van der Waals surface area (Å²) in [7, 11) is 0. The number of carboxylic acid groups (broad SMARTS) is 1. The Labute approximate surface area is 211 Å². The van der Waals surface area contributed by atoms with Crippen LogP contribution in [0.2, 0.25) is 0 Å². The molecule has 0 unspecified atom stereocenters. The van der Waals surface area contributed by atoms with E-state index in [2.05, 4.69) is 19.8 Å². The van der Waals surface area contributed by atoms with Gasteiger partial charge in [-0.1, -0.05) is 12.1 Å². The fourth-order valence-electron chi connectivity index (χ4n) is 3.66. The number of carboxylic acids is 1. The van der Waals surface area contributed by atoms with Crippen molar-refractivity contribution in [3.8, 4) is 5.88 Å². The molecule has 0 aromatic carbocycles. The van der Waals surface area contributed by atoms with Gasteiger partial charge in [-0.05, 0) is 18.2 Å². The molecule has 1 saturated heterocycles. The summed E-state index contributed by atoms with van der Waals surface area (Å²) in [6.45, 7) is 7.86. The molecule has 0 radical (unpaired) electrons. The van der Waals surface area contributed by atoms with Crippen LogP contribution >= 0.6 is 0 Å². The zero-order valence-corrected chi connectivity index (χ0v) is 20.6. The lowest BCUT2D eigenvalue weighted by Gasteiger charge is -2.23. The Morgan fingerprint density at radius 3 is 1.58 bits per heavy atom. The van der Waals surface area contributed by atoms with Gasteiger partial charge in [-0.2, -0.15) is 0 Å². The summed E-state index contributed by atoms with van der Waals surface area (Å²) in [6, 6.07) is 10.2. The van der Waals surface area contributed by atoms with Crippen LogP contribution in [0.15, 0.2) is 36.4 Å².